The van der Waals surface area contributed by atoms with Crippen molar-refractivity contribution in [1.29, 1.82) is 0 Å². The molecule has 0 aromatic heterocycles. The van der Waals surface area contributed by atoms with Gasteiger partial charge >= 0.3 is 0 Å². The molecule has 0 fully saturated rings. The van der Waals surface area contributed by atoms with Crippen molar-refractivity contribution < 1.29 is 17.9 Å². The molecule has 0 bridgehead atoms. The Balaban J connectivity index is 2.20. The van der Waals surface area contributed by atoms with E-state index in [9.17, 15) is 8.42 Å². The van der Waals surface area contributed by atoms with Gasteiger partial charge < -0.3 is 9.47 Å². The van der Waals surface area contributed by atoms with E-state index in [0.29, 0.717) is 17.2 Å². The van der Waals surface area contributed by atoms with Crippen molar-refractivity contribution in [1.82, 2.24) is 0 Å². The molecule has 0 unspecified atom stereocenters. The van der Waals surface area contributed by atoms with Gasteiger partial charge in [-0.15, -0.1) is 0 Å². The standard InChI is InChI=1S/C19H23NO4S/c1-13-10-17(23-5)18(11-14(13)2)25(21,22)20-12-19(3,4)24-16-9-7-6-8-15(16)20/h6-11H,12H2,1-5H3. The number of para-hydroxylation sites is 2. The minimum absolute atomic E-state index is 0.172. The van der Waals surface area contributed by atoms with E-state index in [4.69, 9.17) is 9.47 Å². The largest absolute Gasteiger partial charge is 0.495 e. The van der Waals surface area contributed by atoms with Crippen LogP contribution >= 0.6 is 0 Å². The smallest absolute Gasteiger partial charge is 0.268 e. The number of ether oxygens (including phenoxy) is 2. The molecule has 2 aromatic carbocycles. The maximum absolute atomic E-state index is 13.5. The Kier molecular flexibility index (Phi) is 4.19. The Hall–Kier alpha value is -2.21. The highest BCUT2D eigenvalue weighted by molar-refractivity contribution is 7.93. The average Bonchev–Trinajstić information content (AvgIpc) is 2.55. The van der Waals surface area contributed by atoms with Crippen LogP contribution in [0.4, 0.5) is 5.69 Å². The van der Waals surface area contributed by atoms with Gasteiger partial charge in [0.15, 0.2) is 0 Å². The number of hydrogen-bond donors (Lipinski definition) is 0. The van der Waals surface area contributed by atoms with Crippen LogP contribution in [-0.4, -0.2) is 27.7 Å². The lowest BCUT2D eigenvalue weighted by atomic mass is 10.1. The topological polar surface area (TPSA) is 55.8 Å². The van der Waals surface area contributed by atoms with Gasteiger partial charge in [-0.1, -0.05) is 12.1 Å². The van der Waals surface area contributed by atoms with E-state index in [1.807, 2.05) is 33.8 Å². The minimum Gasteiger partial charge on any atom is -0.495 e. The number of fused-ring (bicyclic) bond motifs is 1. The fourth-order valence-electron chi connectivity index (χ4n) is 2.97. The summed E-state index contributed by atoms with van der Waals surface area (Å²) in [6, 6.07) is 10.6. The Bertz CT molecular complexity index is 919. The van der Waals surface area contributed by atoms with Gasteiger partial charge in [0.25, 0.3) is 10.0 Å². The Morgan fingerprint density at radius 3 is 2.44 bits per heavy atom. The molecular formula is C19H23NO4S. The van der Waals surface area contributed by atoms with Crippen LogP contribution in [-0.2, 0) is 10.0 Å². The fraction of sp³-hybridized carbons (Fsp3) is 0.368. The first-order chi connectivity index (χ1) is 11.7. The van der Waals surface area contributed by atoms with Crippen LogP contribution in [0.3, 0.4) is 0 Å². The second-order valence-electron chi connectivity index (χ2n) is 6.93. The summed E-state index contributed by atoms with van der Waals surface area (Å²) in [4.78, 5) is 0.172. The molecular weight excluding hydrogens is 338 g/mol. The third-order valence-electron chi connectivity index (χ3n) is 4.39. The molecule has 1 aliphatic heterocycles. The highest BCUT2D eigenvalue weighted by Gasteiger charge is 2.39. The molecule has 1 aliphatic rings. The molecule has 1 heterocycles. The zero-order chi connectivity index (χ0) is 18.4. The van der Waals surface area contributed by atoms with Crippen molar-refractivity contribution in [3.05, 3.63) is 47.5 Å². The van der Waals surface area contributed by atoms with E-state index in [-0.39, 0.29) is 11.4 Å². The number of hydrogen-bond acceptors (Lipinski definition) is 4. The predicted octanol–water partition coefficient (Wildman–Crippen LogP) is 3.68. The number of aryl methyl sites for hydroxylation is 2. The summed E-state index contributed by atoms with van der Waals surface area (Å²) < 4.78 is 39.7. The van der Waals surface area contributed by atoms with Gasteiger partial charge in [-0.3, -0.25) is 4.31 Å². The Morgan fingerprint density at radius 2 is 1.76 bits per heavy atom. The summed E-state index contributed by atoms with van der Waals surface area (Å²) in [5.74, 6) is 0.912. The van der Waals surface area contributed by atoms with E-state index in [1.54, 1.807) is 30.3 Å². The molecule has 0 atom stereocenters. The molecule has 0 N–H and O–H groups in total. The molecule has 5 nitrogen and oxygen atoms in total. The van der Waals surface area contributed by atoms with Crippen LogP contribution in [0.1, 0.15) is 25.0 Å². The van der Waals surface area contributed by atoms with Crippen LogP contribution in [0.5, 0.6) is 11.5 Å². The lowest BCUT2D eigenvalue weighted by molar-refractivity contribution is 0.110. The monoisotopic (exact) mass is 361 g/mol. The van der Waals surface area contributed by atoms with Crippen molar-refractivity contribution in [3.63, 3.8) is 0 Å². The lowest BCUT2D eigenvalue weighted by Gasteiger charge is -2.40. The van der Waals surface area contributed by atoms with Crippen molar-refractivity contribution in [2.45, 2.75) is 38.2 Å². The Labute approximate surface area is 149 Å². The first kappa shape index (κ1) is 17.6. The van der Waals surface area contributed by atoms with Crippen molar-refractivity contribution >= 4 is 15.7 Å². The normalized spacial score (nSPS) is 16.1. The molecule has 25 heavy (non-hydrogen) atoms. The van der Waals surface area contributed by atoms with Gasteiger partial charge in [-0.2, -0.15) is 0 Å². The Morgan fingerprint density at radius 1 is 1.12 bits per heavy atom. The molecule has 2 aromatic rings. The molecule has 6 heteroatoms. The first-order valence-electron chi connectivity index (χ1n) is 8.12. The third-order valence-corrected chi connectivity index (χ3v) is 6.17. The fourth-order valence-corrected chi connectivity index (χ4v) is 4.82. The summed E-state index contributed by atoms with van der Waals surface area (Å²) in [6.07, 6.45) is 0. The van der Waals surface area contributed by atoms with E-state index in [0.717, 1.165) is 11.1 Å². The number of rotatable bonds is 3. The number of sulfonamides is 1. The third kappa shape index (κ3) is 3.06. The lowest BCUT2D eigenvalue weighted by Crippen LogP contribution is -2.49. The van der Waals surface area contributed by atoms with Crippen molar-refractivity contribution in [2.24, 2.45) is 0 Å². The maximum Gasteiger partial charge on any atom is 0.268 e. The molecule has 3 rings (SSSR count). The second kappa shape index (κ2) is 5.95. The molecule has 0 radical (unpaired) electrons. The first-order valence-corrected chi connectivity index (χ1v) is 9.56. The van der Waals surface area contributed by atoms with E-state index in [1.165, 1.54) is 11.4 Å². The summed E-state index contributed by atoms with van der Waals surface area (Å²) >= 11 is 0. The van der Waals surface area contributed by atoms with Crippen LogP contribution in [0.25, 0.3) is 0 Å². The SMILES string of the molecule is COc1cc(C)c(C)cc1S(=O)(=O)N1CC(C)(C)Oc2ccccc21. The van der Waals surface area contributed by atoms with Crippen LogP contribution < -0.4 is 13.8 Å². The summed E-state index contributed by atoms with van der Waals surface area (Å²) in [6.45, 7) is 7.81. The number of nitrogens with zero attached hydrogens (tertiary/aromatic N) is 1. The van der Waals surface area contributed by atoms with Crippen molar-refractivity contribution in [3.8, 4) is 11.5 Å². The average molecular weight is 361 g/mol. The summed E-state index contributed by atoms with van der Waals surface area (Å²) in [5, 5.41) is 0. The van der Waals surface area contributed by atoms with Gasteiger partial charge in [0.2, 0.25) is 0 Å². The van der Waals surface area contributed by atoms with Crippen LogP contribution in [0, 0.1) is 13.8 Å². The maximum atomic E-state index is 13.5. The molecule has 0 saturated heterocycles. The van der Waals surface area contributed by atoms with E-state index in [2.05, 4.69) is 0 Å². The van der Waals surface area contributed by atoms with Gasteiger partial charge in [0.1, 0.15) is 22.0 Å². The van der Waals surface area contributed by atoms with E-state index < -0.39 is 15.6 Å². The van der Waals surface area contributed by atoms with Crippen LogP contribution in [0.15, 0.2) is 41.3 Å². The molecule has 134 valence electrons. The number of methoxy groups -OCH3 is 1. The number of anilines is 1. The molecule has 0 aliphatic carbocycles. The van der Waals surface area contributed by atoms with Gasteiger partial charge in [0.05, 0.1) is 19.3 Å². The summed E-state index contributed by atoms with van der Waals surface area (Å²) in [7, 11) is -2.31. The molecule has 0 spiro atoms. The van der Waals surface area contributed by atoms with Crippen LogP contribution in [0.2, 0.25) is 0 Å². The number of benzene rings is 2. The van der Waals surface area contributed by atoms with Gasteiger partial charge in [-0.05, 0) is 63.1 Å². The van der Waals surface area contributed by atoms with Gasteiger partial charge in [0, 0.05) is 0 Å². The highest BCUT2D eigenvalue weighted by atomic mass is 32.2. The van der Waals surface area contributed by atoms with Crippen molar-refractivity contribution in [2.75, 3.05) is 18.0 Å². The zero-order valence-electron chi connectivity index (χ0n) is 15.2. The molecule has 0 saturated carbocycles. The summed E-state index contributed by atoms with van der Waals surface area (Å²) in [5.41, 5.74) is 1.80. The zero-order valence-corrected chi connectivity index (χ0v) is 16.0. The molecule has 0 amide bonds. The minimum atomic E-state index is -3.80. The highest BCUT2D eigenvalue weighted by Crippen LogP contribution is 2.41. The quantitative estimate of drug-likeness (QED) is 0.837. The van der Waals surface area contributed by atoms with Gasteiger partial charge in [-0.25, -0.2) is 8.42 Å². The predicted molar refractivity (Wildman–Crippen MR) is 98.1 cm³/mol. The van der Waals surface area contributed by atoms with E-state index >= 15 is 0 Å². The second-order valence-corrected chi connectivity index (χ2v) is 8.76.